The van der Waals surface area contributed by atoms with Crippen LogP contribution < -0.4 is 11.1 Å². The molecule has 0 aliphatic rings. The number of thioether (sulfide) groups is 1. The highest BCUT2D eigenvalue weighted by molar-refractivity contribution is 7.98. The van der Waals surface area contributed by atoms with Crippen molar-refractivity contribution >= 4 is 35.0 Å². The Bertz CT molecular complexity index is 643. The average Bonchev–Trinajstić information content (AvgIpc) is 2.48. The molecule has 3 nitrogen and oxygen atoms in total. The van der Waals surface area contributed by atoms with E-state index in [0.29, 0.717) is 16.3 Å². The lowest BCUT2D eigenvalue weighted by Crippen LogP contribution is -2.26. The zero-order valence-electron chi connectivity index (χ0n) is 11.9. The molecule has 0 bridgehead atoms. The molecule has 5 heteroatoms. The first kappa shape index (κ1) is 15.7. The first-order valence-corrected chi connectivity index (χ1v) is 8.11. The summed E-state index contributed by atoms with van der Waals surface area (Å²) in [6.07, 6.45) is 1.96. The quantitative estimate of drug-likeness (QED) is 0.657. The van der Waals surface area contributed by atoms with Gasteiger partial charge in [0, 0.05) is 10.6 Å². The third kappa shape index (κ3) is 3.93. The Labute approximate surface area is 133 Å². The zero-order chi connectivity index (χ0) is 15.4. The number of nitrogen functional groups attached to an aromatic ring is 1. The highest BCUT2D eigenvalue weighted by atomic mass is 35.5. The van der Waals surface area contributed by atoms with E-state index < -0.39 is 0 Å². The second-order valence-electron chi connectivity index (χ2n) is 4.71. The Morgan fingerprint density at radius 2 is 1.90 bits per heavy atom. The lowest BCUT2D eigenvalue weighted by Gasteiger charge is -2.15. The fourth-order valence-corrected chi connectivity index (χ4v) is 2.59. The van der Waals surface area contributed by atoms with Gasteiger partial charge in [-0.3, -0.25) is 4.79 Å². The van der Waals surface area contributed by atoms with Crippen molar-refractivity contribution in [1.29, 1.82) is 0 Å². The average molecular weight is 321 g/mol. The maximum absolute atomic E-state index is 12.4. The third-order valence-electron chi connectivity index (χ3n) is 3.20. The first-order valence-electron chi connectivity index (χ1n) is 6.51. The van der Waals surface area contributed by atoms with Crippen molar-refractivity contribution in [2.45, 2.75) is 17.9 Å². The van der Waals surface area contributed by atoms with Crippen LogP contribution in [0.15, 0.2) is 47.4 Å². The highest BCUT2D eigenvalue weighted by Gasteiger charge is 2.14. The molecule has 0 aliphatic heterocycles. The van der Waals surface area contributed by atoms with Crippen LogP contribution in [0.2, 0.25) is 5.02 Å². The van der Waals surface area contributed by atoms with Crippen molar-refractivity contribution in [2.75, 3.05) is 12.0 Å². The predicted molar refractivity (Wildman–Crippen MR) is 90.0 cm³/mol. The number of amides is 1. The van der Waals surface area contributed by atoms with Gasteiger partial charge in [-0.05, 0) is 49.1 Å². The standard InChI is InChI=1S/C16H17ClN2OS/c1-10(11-3-5-12(18)6-4-11)19-16(20)14-9-13(21-2)7-8-15(14)17/h3-10H,18H2,1-2H3,(H,19,20). The molecule has 0 saturated heterocycles. The van der Waals surface area contributed by atoms with E-state index in [0.717, 1.165) is 10.5 Å². The molecule has 0 aliphatic carbocycles. The van der Waals surface area contributed by atoms with E-state index in [4.69, 9.17) is 17.3 Å². The number of benzene rings is 2. The van der Waals surface area contributed by atoms with Gasteiger partial charge in [-0.2, -0.15) is 0 Å². The van der Waals surface area contributed by atoms with Gasteiger partial charge in [-0.25, -0.2) is 0 Å². The number of hydrogen-bond acceptors (Lipinski definition) is 3. The third-order valence-corrected chi connectivity index (χ3v) is 4.26. The zero-order valence-corrected chi connectivity index (χ0v) is 13.5. The summed E-state index contributed by atoms with van der Waals surface area (Å²) < 4.78 is 0. The number of anilines is 1. The van der Waals surface area contributed by atoms with Crippen LogP contribution in [-0.4, -0.2) is 12.2 Å². The lowest BCUT2D eigenvalue weighted by atomic mass is 10.1. The Balaban J connectivity index is 2.15. The molecule has 0 fully saturated rings. The molecule has 0 heterocycles. The molecule has 21 heavy (non-hydrogen) atoms. The van der Waals surface area contributed by atoms with Crippen LogP contribution in [0.5, 0.6) is 0 Å². The number of hydrogen-bond donors (Lipinski definition) is 2. The topological polar surface area (TPSA) is 55.1 Å². The van der Waals surface area contributed by atoms with Gasteiger partial charge in [0.1, 0.15) is 0 Å². The summed E-state index contributed by atoms with van der Waals surface area (Å²) in [6.45, 7) is 1.93. The second kappa shape index (κ2) is 6.87. The van der Waals surface area contributed by atoms with Crippen LogP contribution in [0.4, 0.5) is 5.69 Å². The Morgan fingerprint density at radius 1 is 1.24 bits per heavy atom. The van der Waals surface area contributed by atoms with Crippen molar-refractivity contribution in [3.8, 4) is 0 Å². The van der Waals surface area contributed by atoms with E-state index in [1.54, 1.807) is 23.9 Å². The molecule has 0 radical (unpaired) electrons. The maximum atomic E-state index is 12.4. The van der Waals surface area contributed by atoms with E-state index in [2.05, 4.69) is 5.32 Å². The normalized spacial score (nSPS) is 12.0. The molecule has 2 rings (SSSR count). The summed E-state index contributed by atoms with van der Waals surface area (Å²) >= 11 is 7.69. The van der Waals surface area contributed by atoms with E-state index >= 15 is 0 Å². The molecule has 2 aromatic carbocycles. The van der Waals surface area contributed by atoms with Gasteiger partial charge in [-0.1, -0.05) is 23.7 Å². The largest absolute Gasteiger partial charge is 0.399 e. The molecule has 110 valence electrons. The summed E-state index contributed by atoms with van der Waals surface area (Å²) in [6, 6.07) is 12.8. The minimum Gasteiger partial charge on any atom is -0.399 e. The predicted octanol–water partition coefficient (Wildman–Crippen LogP) is 4.14. The van der Waals surface area contributed by atoms with Gasteiger partial charge < -0.3 is 11.1 Å². The van der Waals surface area contributed by atoms with Crippen LogP contribution in [0.3, 0.4) is 0 Å². The van der Waals surface area contributed by atoms with E-state index in [-0.39, 0.29) is 11.9 Å². The number of halogens is 1. The van der Waals surface area contributed by atoms with Crippen molar-refractivity contribution in [3.63, 3.8) is 0 Å². The molecule has 1 unspecified atom stereocenters. The Morgan fingerprint density at radius 3 is 2.52 bits per heavy atom. The van der Waals surface area contributed by atoms with Crippen LogP contribution in [0, 0.1) is 0 Å². The minimum absolute atomic E-state index is 0.118. The number of carbonyl (C=O) groups excluding carboxylic acids is 1. The molecule has 1 amide bonds. The van der Waals surface area contributed by atoms with Crippen LogP contribution >= 0.6 is 23.4 Å². The van der Waals surface area contributed by atoms with E-state index in [1.807, 2.05) is 43.5 Å². The fraction of sp³-hybridized carbons (Fsp3) is 0.188. The number of nitrogens with two attached hydrogens (primary N) is 1. The summed E-state index contributed by atoms with van der Waals surface area (Å²) in [5.41, 5.74) is 7.85. The van der Waals surface area contributed by atoms with Crippen LogP contribution in [0.25, 0.3) is 0 Å². The van der Waals surface area contributed by atoms with Gasteiger partial charge >= 0.3 is 0 Å². The van der Waals surface area contributed by atoms with Crippen LogP contribution in [0.1, 0.15) is 28.9 Å². The van der Waals surface area contributed by atoms with E-state index in [9.17, 15) is 4.79 Å². The lowest BCUT2D eigenvalue weighted by molar-refractivity contribution is 0.0940. The summed E-state index contributed by atoms with van der Waals surface area (Å²) in [7, 11) is 0. The van der Waals surface area contributed by atoms with Gasteiger partial charge in [0.05, 0.1) is 16.6 Å². The summed E-state index contributed by atoms with van der Waals surface area (Å²) in [4.78, 5) is 13.4. The van der Waals surface area contributed by atoms with E-state index in [1.165, 1.54) is 0 Å². The molecule has 2 aromatic rings. The summed E-state index contributed by atoms with van der Waals surface area (Å²) in [5.74, 6) is -0.180. The number of carbonyl (C=O) groups is 1. The Hall–Kier alpha value is -1.65. The second-order valence-corrected chi connectivity index (χ2v) is 5.99. The van der Waals surface area contributed by atoms with Crippen molar-refractivity contribution in [2.24, 2.45) is 0 Å². The van der Waals surface area contributed by atoms with Gasteiger partial charge in [0.25, 0.3) is 5.91 Å². The smallest absolute Gasteiger partial charge is 0.253 e. The van der Waals surface area contributed by atoms with Crippen molar-refractivity contribution in [1.82, 2.24) is 5.32 Å². The summed E-state index contributed by atoms with van der Waals surface area (Å²) in [5, 5.41) is 3.40. The monoisotopic (exact) mass is 320 g/mol. The first-order chi connectivity index (χ1) is 10.0. The molecule has 0 saturated carbocycles. The fourth-order valence-electron chi connectivity index (χ4n) is 1.95. The molecule has 1 atom stereocenters. The van der Waals surface area contributed by atoms with Crippen molar-refractivity contribution < 1.29 is 4.79 Å². The highest BCUT2D eigenvalue weighted by Crippen LogP contribution is 2.24. The minimum atomic E-state index is -0.180. The molecule has 3 N–H and O–H groups in total. The maximum Gasteiger partial charge on any atom is 0.253 e. The molecule has 0 spiro atoms. The van der Waals surface area contributed by atoms with Crippen LogP contribution in [-0.2, 0) is 0 Å². The van der Waals surface area contributed by atoms with Crippen molar-refractivity contribution in [3.05, 3.63) is 58.6 Å². The number of nitrogens with one attached hydrogen (secondary N) is 1. The number of rotatable bonds is 4. The van der Waals surface area contributed by atoms with Gasteiger partial charge in [0.15, 0.2) is 0 Å². The van der Waals surface area contributed by atoms with Gasteiger partial charge in [0.2, 0.25) is 0 Å². The SMILES string of the molecule is CSc1ccc(Cl)c(C(=O)NC(C)c2ccc(N)cc2)c1. The molecular weight excluding hydrogens is 304 g/mol. The molecule has 0 aromatic heterocycles. The molecular formula is C16H17ClN2OS. The van der Waals surface area contributed by atoms with Gasteiger partial charge in [-0.15, -0.1) is 11.8 Å². The Kier molecular flexibility index (Phi) is 5.15.